The molecule has 160 valence electrons. The highest BCUT2D eigenvalue weighted by molar-refractivity contribution is 7.43. The van der Waals surface area contributed by atoms with Crippen LogP contribution in [-0.4, -0.2) is 28.5 Å². The minimum Gasteiger partial charge on any atom is -0.429 e. The second-order valence-corrected chi connectivity index (χ2v) is 25.8. The van der Waals surface area contributed by atoms with Crippen molar-refractivity contribution in [2.45, 2.75) is 45.3 Å². The Kier molecular flexibility index (Phi) is 7.82. The number of benzene rings is 2. The van der Waals surface area contributed by atoms with Crippen LogP contribution < -0.4 is 0 Å². The summed E-state index contributed by atoms with van der Waals surface area (Å²) in [5.41, 5.74) is 10.3. The third kappa shape index (κ3) is 5.28. The first kappa shape index (κ1) is 24.5. The van der Waals surface area contributed by atoms with E-state index in [4.69, 9.17) is 4.43 Å². The molecule has 0 heterocycles. The molecule has 2 nitrogen and oxygen atoms in total. The van der Waals surface area contributed by atoms with Crippen LogP contribution >= 0.6 is 0 Å². The molecule has 0 radical (unpaired) electrons. The molecule has 0 bridgehead atoms. The normalized spacial score (nSPS) is 15.1. The molecule has 0 aliphatic carbocycles. The third-order valence-corrected chi connectivity index (χ3v) is 21.5. The van der Waals surface area contributed by atoms with E-state index in [0.29, 0.717) is 6.61 Å². The van der Waals surface area contributed by atoms with E-state index < -0.39 is 23.7 Å². The average molecular weight is 453 g/mol. The molecule has 0 amide bonds. The Hall–Kier alpha value is -1.77. The number of hydrogen-bond acceptors (Lipinski definition) is 2. The predicted molar refractivity (Wildman–Crippen MR) is 138 cm³/mol. The van der Waals surface area contributed by atoms with Gasteiger partial charge < -0.3 is 9.22 Å². The van der Waals surface area contributed by atoms with Gasteiger partial charge in [-0.15, -0.1) is 25.4 Å². The summed E-state index contributed by atoms with van der Waals surface area (Å²) < 4.78 is 6.08. The van der Waals surface area contributed by atoms with E-state index in [1.165, 1.54) is 5.56 Å². The fraction of sp³-hybridized carbons (Fsp3) is 0.280. The van der Waals surface area contributed by atoms with Crippen LogP contribution in [0.15, 0.2) is 85.4 Å². The van der Waals surface area contributed by atoms with Gasteiger partial charge in [-0.25, -0.2) is 0 Å². The van der Waals surface area contributed by atoms with Gasteiger partial charge in [0.25, 0.3) is 0 Å². The van der Waals surface area contributed by atoms with E-state index in [1.807, 2.05) is 17.1 Å². The molecule has 2 atom stereocenters. The highest BCUT2D eigenvalue weighted by Crippen LogP contribution is 2.38. The zero-order valence-electron chi connectivity index (χ0n) is 19.1. The van der Waals surface area contributed by atoms with Crippen molar-refractivity contribution in [3.05, 3.63) is 108 Å². The molecule has 5 heteroatoms. The van der Waals surface area contributed by atoms with Gasteiger partial charge in [0.1, 0.15) is 7.59 Å². The minimum atomic E-state index is -2.90. The number of aryl methyl sites for hydroxylation is 1. The van der Waals surface area contributed by atoms with Crippen molar-refractivity contribution in [3.63, 3.8) is 0 Å². The molecule has 30 heavy (non-hydrogen) atoms. The maximum Gasteiger partial charge on any atom is 0.214 e. The summed E-state index contributed by atoms with van der Waals surface area (Å²) in [7, 11) is -6.83. The van der Waals surface area contributed by atoms with Gasteiger partial charge in [-0.3, -0.25) is 0 Å². The van der Waals surface area contributed by atoms with E-state index in [2.05, 4.69) is 101 Å². The van der Waals surface area contributed by atoms with Crippen molar-refractivity contribution < 1.29 is 9.22 Å². The summed E-state index contributed by atoms with van der Waals surface area (Å²) in [6.45, 7) is 23.4. The van der Waals surface area contributed by atoms with Gasteiger partial charge in [-0.1, -0.05) is 78.6 Å². The lowest BCUT2D eigenvalue weighted by Gasteiger charge is -2.41. The molecular weight excluding hydrogens is 417 g/mol. The quantitative estimate of drug-likeness (QED) is 0.429. The van der Waals surface area contributed by atoms with E-state index >= 15 is 0 Å². The molecule has 2 rings (SSSR count). The largest absolute Gasteiger partial charge is 0.429 e. The molecule has 0 fully saturated rings. The highest BCUT2D eigenvalue weighted by atomic mass is 29.3. The van der Waals surface area contributed by atoms with Crippen molar-refractivity contribution >= 4 is 23.7 Å². The predicted octanol–water partition coefficient (Wildman–Crippen LogP) is 6.29. The van der Waals surface area contributed by atoms with Gasteiger partial charge in [-0.2, -0.15) is 0 Å². The van der Waals surface area contributed by atoms with E-state index in [1.54, 1.807) is 0 Å². The molecule has 0 saturated carbocycles. The lowest BCUT2D eigenvalue weighted by Crippen LogP contribution is -2.62. The smallest absolute Gasteiger partial charge is 0.214 e. The fourth-order valence-corrected chi connectivity index (χ4v) is 13.2. The van der Waals surface area contributed by atoms with E-state index in [0.717, 1.165) is 16.7 Å². The summed E-state index contributed by atoms with van der Waals surface area (Å²) in [5, 5.41) is 0. The number of rotatable bonds is 10. The van der Waals surface area contributed by atoms with E-state index in [9.17, 15) is 4.80 Å². The van der Waals surface area contributed by atoms with Crippen LogP contribution in [0.2, 0.25) is 26.2 Å². The molecule has 0 aliphatic rings. The Labute approximate surface area is 185 Å². The van der Waals surface area contributed by atoms with Crippen LogP contribution in [0.3, 0.4) is 0 Å². The van der Waals surface area contributed by atoms with Gasteiger partial charge in [0.2, 0.25) is 16.2 Å². The van der Waals surface area contributed by atoms with Crippen molar-refractivity contribution in [1.29, 1.82) is 0 Å². The Bertz CT molecular complexity index is 886. The second kappa shape index (κ2) is 9.58. The van der Waals surface area contributed by atoms with Crippen LogP contribution in [0.4, 0.5) is 0 Å². The highest BCUT2D eigenvalue weighted by Gasteiger charge is 2.51. The molecule has 1 N–H and O–H groups in total. The van der Waals surface area contributed by atoms with Crippen LogP contribution in [0.1, 0.15) is 27.8 Å². The molecule has 0 saturated heterocycles. The first-order valence-electron chi connectivity index (χ1n) is 10.4. The zero-order valence-corrected chi connectivity index (χ0v) is 22.1. The standard InChI is InChI=1S/C25H36O2Si3/c1-9-28(5,6)27-20-22-14-18-24(19-15-22)25(23-16-12-21(4)13-17-23)30(26,11-3)29(7,8)10-2/h9-19,25-26H,1-3,20H2,4-8H3. The number of hydrogen-bond donors (Lipinski definition) is 1. The molecular formula is C25H36O2Si3. The van der Waals surface area contributed by atoms with Crippen LogP contribution in [-0.2, 0) is 11.0 Å². The van der Waals surface area contributed by atoms with Gasteiger partial charge in [0.15, 0.2) is 0 Å². The van der Waals surface area contributed by atoms with Gasteiger partial charge >= 0.3 is 0 Å². The maximum atomic E-state index is 12.1. The Morgan fingerprint density at radius 1 is 0.833 bits per heavy atom. The molecule has 0 spiro atoms. The van der Waals surface area contributed by atoms with Gasteiger partial charge in [0.05, 0.1) is 6.61 Å². The summed E-state index contributed by atoms with van der Waals surface area (Å²) in [6.07, 6.45) is 0. The summed E-state index contributed by atoms with van der Waals surface area (Å²) >= 11 is 0. The maximum absolute atomic E-state index is 12.1. The van der Waals surface area contributed by atoms with Crippen molar-refractivity contribution in [1.82, 2.24) is 0 Å². The minimum absolute atomic E-state index is 0.0794. The first-order chi connectivity index (χ1) is 14.0. The van der Waals surface area contributed by atoms with Crippen LogP contribution in [0, 0.1) is 6.92 Å². The van der Waals surface area contributed by atoms with Gasteiger partial charge in [0, 0.05) is 5.54 Å². The first-order valence-corrected chi connectivity index (χ1v) is 19.6. The monoisotopic (exact) mass is 452 g/mol. The molecule has 2 aromatic carbocycles. The molecule has 2 unspecified atom stereocenters. The van der Waals surface area contributed by atoms with Gasteiger partial charge in [-0.05, 0) is 36.7 Å². The summed E-state index contributed by atoms with van der Waals surface area (Å²) in [6, 6.07) is 17.0. The molecule has 0 aromatic heterocycles. The van der Waals surface area contributed by atoms with E-state index in [-0.39, 0.29) is 5.54 Å². The Balaban J connectivity index is 2.50. The average Bonchev–Trinajstić information content (AvgIpc) is 2.74. The lowest BCUT2D eigenvalue weighted by atomic mass is 10.0. The lowest BCUT2D eigenvalue weighted by molar-refractivity contribution is 0.303. The Morgan fingerprint density at radius 2 is 1.33 bits per heavy atom. The topological polar surface area (TPSA) is 29.5 Å². The van der Waals surface area contributed by atoms with Crippen molar-refractivity contribution in [2.75, 3.05) is 0 Å². The fourth-order valence-electron chi connectivity index (χ4n) is 3.51. The molecule has 2 aromatic rings. The zero-order chi connectivity index (χ0) is 22.6. The van der Waals surface area contributed by atoms with Crippen molar-refractivity contribution in [2.24, 2.45) is 0 Å². The summed E-state index contributed by atoms with van der Waals surface area (Å²) in [5.74, 6) is 0. The SMILES string of the molecule is C=C[Si](C)(C)OCc1ccc(C(c2ccc(C)cc2)[Si](O)(C=C)[Si](C)(C)C=C)cc1. The third-order valence-electron chi connectivity index (χ3n) is 6.12. The Morgan fingerprint density at radius 3 is 1.77 bits per heavy atom. The van der Waals surface area contributed by atoms with Crippen molar-refractivity contribution in [3.8, 4) is 0 Å². The van der Waals surface area contributed by atoms with Crippen LogP contribution in [0.5, 0.6) is 0 Å². The molecule has 0 aliphatic heterocycles. The second-order valence-electron chi connectivity index (χ2n) is 9.14. The summed E-state index contributed by atoms with van der Waals surface area (Å²) in [4.78, 5) is 12.1. The van der Waals surface area contributed by atoms with Crippen LogP contribution in [0.25, 0.3) is 0 Å².